The summed E-state index contributed by atoms with van der Waals surface area (Å²) < 4.78 is 5.83. The molecular formula is C21H24N7O6S2+. The molecule has 1 saturated heterocycles. The minimum absolute atomic E-state index is 0.0321. The lowest BCUT2D eigenvalue weighted by Crippen LogP contribution is -2.71. The third-order valence-electron chi connectivity index (χ3n) is 5.45. The number of β-lactam (4-membered cyclic amide) rings is 1. The van der Waals surface area contributed by atoms with Crippen molar-refractivity contribution in [2.45, 2.75) is 31.3 Å². The molecule has 1 fully saturated rings. The number of carboxylic acids is 1. The van der Waals surface area contributed by atoms with Gasteiger partial charge in [-0.15, -0.1) is 11.8 Å². The number of nitrogen functional groups attached to an aromatic ring is 1. The van der Waals surface area contributed by atoms with Crippen LogP contribution in [-0.4, -0.2) is 78.3 Å². The number of pyridine rings is 1. The summed E-state index contributed by atoms with van der Waals surface area (Å²) in [4.78, 5) is 48.3. The van der Waals surface area contributed by atoms with E-state index in [-0.39, 0.29) is 42.1 Å². The van der Waals surface area contributed by atoms with Crippen LogP contribution in [0.1, 0.15) is 18.4 Å². The van der Waals surface area contributed by atoms with Crippen LogP contribution in [0.3, 0.4) is 0 Å². The molecule has 2 atom stereocenters. The van der Waals surface area contributed by atoms with Crippen molar-refractivity contribution in [1.29, 1.82) is 0 Å². The van der Waals surface area contributed by atoms with Crippen LogP contribution < -0.4 is 15.6 Å². The van der Waals surface area contributed by atoms with Crippen molar-refractivity contribution in [3.8, 4) is 0 Å². The Balaban J connectivity index is 1.54. The third-order valence-corrected chi connectivity index (χ3v) is 7.34. The Morgan fingerprint density at radius 2 is 2.22 bits per heavy atom. The standard InChI is InChI=1S/C21H23N7O6S2/c1-2-34-25-13(16-24-21(22)36-26-16)17(30)23-14-18(31)28-15(20(32)33)11(10-35-19(14)28)9-27-7-4-3-5-12(27)6-8-29/h3-5,7,14,19,29H,2,6,8-10H2,1H3,(H3-,22,23,24,26,30,32,33)/p+1/t14?,19-/m0/s1. The van der Waals surface area contributed by atoms with Crippen LogP contribution in [0.4, 0.5) is 5.13 Å². The van der Waals surface area contributed by atoms with Crippen molar-refractivity contribution in [1.82, 2.24) is 19.6 Å². The molecule has 1 unspecified atom stereocenters. The number of amides is 2. The van der Waals surface area contributed by atoms with E-state index in [0.29, 0.717) is 17.7 Å². The highest BCUT2D eigenvalue weighted by Crippen LogP contribution is 2.40. The predicted octanol–water partition coefficient (Wildman–Crippen LogP) is -0.878. The number of carbonyl (C=O) groups is 3. The van der Waals surface area contributed by atoms with E-state index in [1.165, 1.54) is 16.7 Å². The lowest BCUT2D eigenvalue weighted by Gasteiger charge is -2.49. The smallest absolute Gasteiger partial charge is 0.352 e. The van der Waals surface area contributed by atoms with Gasteiger partial charge < -0.3 is 26.1 Å². The molecule has 2 aromatic heterocycles. The number of hydrogen-bond donors (Lipinski definition) is 4. The van der Waals surface area contributed by atoms with Crippen LogP contribution in [0.2, 0.25) is 0 Å². The zero-order valence-electron chi connectivity index (χ0n) is 19.2. The van der Waals surface area contributed by atoms with Crippen LogP contribution in [0, 0.1) is 0 Å². The van der Waals surface area contributed by atoms with Crippen LogP contribution in [0.5, 0.6) is 0 Å². The number of fused-ring (bicyclic) bond motifs is 1. The number of aromatic nitrogens is 3. The molecule has 36 heavy (non-hydrogen) atoms. The van der Waals surface area contributed by atoms with Gasteiger partial charge in [0.1, 0.15) is 23.7 Å². The third kappa shape index (κ3) is 5.03. The molecule has 13 nitrogen and oxygen atoms in total. The quantitative estimate of drug-likeness (QED) is 0.129. The van der Waals surface area contributed by atoms with Crippen molar-refractivity contribution in [2.75, 3.05) is 24.7 Å². The second-order valence-corrected chi connectivity index (χ2v) is 9.61. The van der Waals surface area contributed by atoms with Crippen LogP contribution >= 0.6 is 23.3 Å². The highest BCUT2D eigenvalue weighted by atomic mass is 32.2. The fraction of sp³-hybridized carbons (Fsp3) is 0.381. The van der Waals surface area contributed by atoms with Crippen molar-refractivity contribution in [3.63, 3.8) is 0 Å². The molecule has 0 saturated carbocycles. The Kier molecular flexibility index (Phi) is 7.81. The maximum absolute atomic E-state index is 13.0. The van der Waals surface area contributed by atoms with Crippen LogP contribution in [0.15, 0.2) is 40.8 Å². The SMILES string of the molecule is CCON=C(C(=O)NC1C(=O)N2C(C(=O)O)=C(C[n+]3ccccc3CCO)CS[C@@H]12)c1nsc(N)n1. The first-order valence-corrected chi connectivity index (χ1v) is 12.8. The van der Waals surface area contributed by atoms with Crippen LogP contribution in [-0.2, 0) is 32.2 Å². The second kappa shape index (κ2) is 11.0. The number of carbonyl (C=O) groups excluding carboxylic acids is 2. The maximum Gasteiger partial charge on any atom is 0.352 e. The van der Waals surface area contributed by atoms with E-state index in [0.717, 1.165) is 17.2 Å². The summed E-state index contributed by atoms with van der Waals surface area (Å²) in [6.07, 6.45) is 2.21. The highest BCUT2D eigenvalue weighted by molar-refractivity contribution is 8.00. The predicted molar refractivity (Wildman–Crippen MR) is 130 cm³/mol. The average molecular weight is 535 g/mol. The average Bonchev–Trinajstić information content (AvgIpc) is 3.29. The zero-order valence-corrected chi connectivity index (χ0v) is 20.8. The highest BCUT2D eigenvalue weighted by Gasteiger charge is 2.55. The van der Waals surface area contributed by atoms with E-state index in [2.05, 4.69) is 19.8 Å². The first-order chi connectivity index (χ1) is 17.3. The summed E-state index contributed by atoms with van der Waals surface area (Å²) in [7, 11) is 0. The second-order valence-electron chi connectivity index (χ2n) is 7.73. The number of nitrogens with one attached hydrogen (secondary N) is 1. The summed E-state index contributed by atoms with van der Waals surface area (Å²) in [5.74, 6) is -2.21. The molecule has 2 aromatic rings. The Morgan fingerprint density at radius 1 is 1.42 bits per heavy atom. The van der Waals surface area contributed by atoms with Crippen molar-refractivity contribution >= 4 is 51.9 Å². The number of aliphatic hydroxyl groups is 1. The Hall–Kier alpha value is -3.56. The largest absolute Gasteiger partial charge is 0.477 e. The summed E-state index contributed by atoms with van der Waals surface area (Å²) >= 11 is 2.23. The molecule has 0 spiro atoms. The number of rotatable bonds is 10. The summed E-state index contributed by atoms with van der Waals surface area (Å²) in [6.45, 7) is 2.08. The molecule has 0 aromatic carbocycles. The molecule has 2 aliphatic rings. The maximum atomic E-state index is 13.0. The number of carboxylic acid groups (broad SMARTS) is 1. The molecule has 2 aliphatic heterocycles. The van der Waals surface area contributed by atoms with Gasteiger partial charge >= 0.3 is 5.97 Å². The lowest BCUT2D eigenvalue weighted by molar-refractivity contribution is -0.696. The van der Waals surface area contributed by atoms with E-state index in [4.69, 9.17) is 10.6 Å². The minimum Gasteiger partial charge on any atom is -0.477 e. The van der Waals surface area contributed by atoms with Crippen molar-refractivity contribution < 1.29 is 34.0 Å². The van der Waals surface area contributed by atoms with E-state index < -0.39 is 29.2 Å². The number of aliphatic carboxylic acids is 1. The number of oxime groups is 1. The van der Waals surface area contributed by atoms with E-state index in [9.17, 15) is 24.6 Å². The fourth-order valence-electron chi connectivity index (χ4n) is 3.87. The zero-order chi connectivity index (χ0) is 25.8. The molecule has 0 radical (unpaired) electrons. The Bertz CT molecular complexity index is 1250. The van der Waals surface area contributed by atoms with Gasteiger partial charge in [-0.05, 0) is 6.92 Å². The Labute approximate surface area is 213 Å². The molecule has 0 bridgehead atoms. The Morgan fingerprint density at radius 3 is 2.89 bits per heavy atom. The first-order valence-electron chi connectivity index (χ1n) is 10.9. The van der Waals surface area contributed by atoms with E-state index in [1.54, 1.807) is 13.1 Å². The molecule has 2 amide bonds. The van der Waals surface area contributed by atoms with Gasteiger partial charge in [0, 0.05) is 35.0 Å². The monoisotopic (exact) mass is 534 g/mol. The summed E-state index contributed by atoms with van der Waals surface area (Å²) in [6, 6.07) is 4.54. The normalized spacial score (nSPS) is 19.6. The number of nitrogens with zero attached hydrogens (tertiary/aromatic N) is 5. The van der Waals surface area contributed by atoms with Gasteiger partial charge in [-0.25, -0.2) is 4.79 Å². The number of thioether (sulfide) groups is 1. The molecule has 4 heterocycles. The molecule has 0 aliphatic carbocycles. The summed E-state index contributed by atoms with van der Waals surface area (Å²) in [5, 5.41) is 25.2. The van der Waals surface area contributed by atoms with E-state index in [1.807, 2.05) is 22.8 Å². The van der Waals surface area contributed by atoms with Crippen LogP contribution in [0.25, 0.3) is 0 Å². The number of anilines is 1. The van der Waals surface area contributed by atoms with E-state index >= 15 is 0 Å². The van der Waals surface area contributed by atoms with Crippen molar-refractivity contribution in [2.24, 2.45) is 5.16 Å². The van der Waals surface area contributed by atoms with Crippen molar-refractivity contribution in [3.05, 3.63) is 47.2 Å². The van der Waals surface area contributed by atoms with Gasteiger partial charge in [0.2, 0.25) is 11.5 Å². The minimum atomic E-state index is -1.23. The number of nitrogens with two attached hydrogens (primary N) is 1. The molecule has 4 rings (SSSR count). The van der Waals surface area contributed by atoms with Gasteiger partial charge in [0.15, 0.2) is 23.6 Å². The number of aliphatic hydroxyl groups excluding tert-OH is 1. The topological polar surface area (TPSA) is 184 Å². The molecule has 15 heteroatoms. The lowest BCUT2D eigenvalue weighted by atomic mass is 10.0. The van der Waals surface area contributed by atoms with Gasteiger partial charge in [-0.1, -0.05) is 11.2 Å². The molecule has 5 N–H and O–H groups in total. The molecule has 190 valence electrons. The summed E-state index contributed by atoms with van der Waals surface area (Å²) in [5.41, 5.74) is 6.67. The first kappa shape index (κ1) is 25.5. The van der Waals surface area contributed by atoms with Gasteiger partial charge in [0.25, 0.3) is 11.8 Å². The molecular weight excluding hydrogens is 510 g/mol. The number of hydrogen-bond acceptors (Lipinski definition) is 11. The van der Waals surface area contributed by atoms with Gasteiger partial charge in [0.05, 0.1) is 13.0 Å². The fourth-order valence-corrected chi connectivity index (χ4v) is 5.64. The van der Waals surface area contributed by atoms with Gasteiger partial charge in [-0.3, -0.25) is 14.5 Å². The van der Waals surface area contributed by atoms with Gasteiger partial charge in [-0.2, -0.15) is 13.9 Å².